The number of esters is 1. The summed E-state index contributed by atoms with van der Waals surface area (Å²) in [5, 5.41) is 2.72. The van der Waals surface area contributed by atoms with Gasteiger partial charge >= 0.3 is 5.97 Å². The molecular formula is C15H21NO3S. The molecular weight excluding hydrogens is 274 g/mol. The molecule has 0 spiro atoms. The molecule has 1 rings (SSSR count). The van der Waals surface area contributed by atoms with Crippen LogP contribution in [0.15, 0.2) is 30.3 Å². The Hall–Kier alpha value is -1.49. The Morgan fingerprint density at radius 3 is 2.45 bits per heavy atom. The monoisotopic (exact) mass is 295 g/mol. The Morgan fingerprint density at radius 1 is 1.25 bits per heavy atom. The van der Waals surface area contributed by atoms with Crippen molar-refractivity contribution in [3.05, 3.63) is 35.9 Å². The van der Waals surface area contributed by atoms with Gasteiger partial charge in [0.2, 0.25) is 5.91 Å². The number of carbonyl (C=O) groups is 2. The van der Waals surface area contributed by atoms with Crippen LogP contribution in [-0.4, -0.2) is 30.8 Å². The number of benzene rings is 1. The summed E-state index contributed by atoms with van der Waals surface area (Å²) >= 11 is 1.52. The molecule has 0 aromatic heterocycles. The number of hydrogen-bond donors (Lipinski definition) is 1. The maximum Gasteiger partial charge on any atom is 0.328 e. The Balaban J connectivity index is 2.37. The van der Waals surface area contributed by atoms with Crippen LogP contribution in [0.2, 0.25) is 0 Å². The standard InChI is InChI=1S/C15H21NO3S/c1-11(2)14(15(18)19-3)16-13(17)10-20-9-12-7-5-4-6-8-12/h4-8,11,14H,9-10H2,1-3H3,(H,16,17). The summed E-state index contributed by atoms with van der Waals surface area (Å²) in [6.45, 7) is 3.75. The highest BCUT2D eigenvalue weighted by molar-refractivity contribution is 7.99. The largest absolute Gasteiger partial charge is 0.467 e. The summed E-state index contributed by atoms with van der Waals surface area (Å²) in [7, 11) is 1.33. The number of amides is 1. The van der Waals surface area contributed by atoms with E-state index in [-0.39, 0.29) is 11.8 Å². The fraction of sp³-hybridized carbons (Fsp3) is 0.467. The van der Waals surface area contributed by atoms with Crippen molar-refractivity contribution < 1.29 is 14.3 Å². The van der Waals surface area contributed by atoms with Crippen molar-refractivity contribution in [1.82, 2.24) is 5.32 Å². The van der Waals surface area contributed by atoms with Gasteiger partial charge in [-0.05, 0) is 11.5 Å². The first-order valence-electron chi connectivity index (χ1n) is 6.53. The molecule has 110 valence electrons. The predicted octanol–water partition coefficient (Wildman–Crippen LogP) is 2.23. The number of thioether (sulfide) groups is 1. The molecule has 5 heteroatoms. The molecule has 0 aliphatic heterocycles. The normalized spacial score (nSPS) is 12.0. The molecule has 1 amide bonds. The van der Waals surface area contributed by atoms with Crippen molar-refractivity contribution in [2.45, 2.75) is 25.6 Å². The summed E-state index contributed by atoms with van der Waals surface area (Å²) in [6.07, 6.45) is 0. The first-order valence-corrected chi connectivity index (χ1v) is 7.69. The van der Waals surface area contributed by atoms with Gasteiger partial charge in [-0.15, -0.1) is 11.8 Å². The van der Waals surface area contributed by atoms with E-state index in [1.54, 1.807) is 0 Å². The minimum atomic E-state index is -0.579. The van der Waals surface area contributed by atoms with Gasteiger partial charge in [-0.1, -0.05) is 44.2 Å². The summed E-state index contributed by atoms with van der Waals surface area (Å²) in [4.78, 5) is 23.4. The molecule has 0 saturated heterocycles. The van der Waals surface area contributed by atoms with Gasteiger partial charge in [0.1, 0.15) is 6.04 Å². The second kappa shape index (κ2) is 8.64. The lowest BCUT2D eigenvalue weighted by atomic mass is 10.1. The molecule has 4 nitrogen and oxygen atoms in total. The van der Waals surface area contributed by atoms with Gasteiger partial charge in [0.25, 0.3) is 0 Å². The maximum atomic E-state index is 11.8. The minimum absolute atomic E-state index is 0.00511. The van der Waals surface area contributed by atoms with Gasteiger partial charge in [0.05, 0.1) is 12.9 Å². The average Bonchev–Trinajstić information content (AvgIpc) is 2.45. The van der Waals surface area contributed by atoms with E-state index in [0.29, 0.717) is 5.75 Å². The van der Waals surface area contributed by atoms with E-state index in [4.69, 9.17) is 0 Å². The third-order valence-electron chi connectivity index (χ3n) is 2.78. The molecule has 1 aromatic rings. The first-order chi connectivity index (χ1) is 9.54. The quantitative estimate of drug-likeness (QED) is 0.784. The van der Waals surface area contributed by atoms with Crippen molar-refractivity contribution >= 4 is 23.6 Å². The molecule has 0 aliphatic carbocycles. The number of nitrogens with one attached hydrogen (secondary N) is 1. The zero-order valence-electron chi connectivity index (χ0n) is 12.1. The number of carbonyl (C=O) groups excluding carboxylic acids is 2. The number of rotatable bonds is 7. The third kappa shape index (κ3) is 5.65. The smallest absolute Gasteiger partial charge is 0.328 e. The summed E-state index contributed by atoms with van der Waals surface area (Å²) in [6, 6.07) is 9.38. The Morgan fingerprint density at radius 2 is 1.90 bits per heavy atom. The van der Waals surface area contributed by atoms with Crippen molar-refractivity contribution in [2.75, 3.05) is 12.9 Å². The van der Waals surface area contributed by atoms with Crippen molar-refractivity contribution in [3.8, 4) is 0 Å². The number of methoxy groups -OCH3 is 1. The van der Waals surface area contributed by atoms with Crippen LogP contribution >= 0.6 is 11.8 Å². The topological polar surface area (TPSA) is 55.4 Å². The van der Waals surface area contributed by atoms with Crippen LogP contribution < -0.4 is 5.32 Å². The van der Waals surface area contributed by atoms with Gasteiger partial charge in [-0.3, -0.25) is 4.79 Å². The molecule has 0 aliphatic rings. The second-order valence-electron chi connectivity index (χ2n) is 4.79. The van der Waals surface area contributed by atoms with Crippen LogP contribution in [-0.2, 0) is 20.1 Å². The fourth-order valence-corrected chi connectivity index (χ4v) is 2.47. The fourth-order valence-electron chi connectivity index (χ4n) is 1.68. The Kier molecular flexibility index (Phi) is 7.15. The molecule has 1 aromatic carbocycles. The van der Waals surface area contributed by atoms with Crippen LogP contribution in [0.5, 0.6) is 0 Å². The van der Waals surface area contributed by atoms with E-state index >= 15 is 0 Å². The summed E-state index contributed by atoms with van der Waals surface area (Å²) in [5.41, 5.74) is 1.18. The highest BCUT2D eigenvalue weighted by Crippen LogP contribution is 2.12. The van der Waals surface area contributed by atoms with Crippen molar-refractivity contribution in [1.29, 1.82) is 0 Å². The molecule has 0 fully saturated rings. The zero-order valence-corrected chi connectivity index (χ0v) is 12.9. The number of ether oxygens (including phenoxy) is 1. The minimum Gasteiger partial charge on any atom is -0.467 e. The first kappa shape index (κ1) is 16.6. The molecule has 0 heterocycles. The molecule has 1 unspecified atom stereocenters. The van der Waals surface area contributed by atoms with Crippen LogP contribution in [0.1, 0.15) is 19.4 Å². The van der Waals surface area contributed by atoms with E-state index < -0.39 is 12.0 Å². The van der Waals surface area contributed by atoms with Crippen LogP contribution in [0.4, 0.5) is 0 Å². The van der Waals surface area contributed by atoms with E-state index in [2.05, 4.69) is 10.1 Å². The summed E-state index contributed by atoms with van der Waals surface area (Å²) in [5.74, 6) is 0.565. The van der Waals surface area contributed by atoms with E-state index in [9.17, 15) is 9.59 Å². The van der Waals surface area contributed by atoms with Gasteiger partial charge in [-0.25, -0.2) is 4.79 Å². The lowest BCUT2D eigenvalue weighted by molar-refractivity contribution is -0.146. The predicted molar refractivity (Wildman–Crippen MR) is 81.4 cm³/mol. The van der Waals surface area contributed by atoms with Gasteiger partial charge in [0, 0.05) is 5.75 Å². The Labute approximate surface area is 124 Å². The second-order valence-corrected chi connectivity index (χ2v) is 5.78. The maximum absolute atomic E-state index is 11.8. The van der Waals surface area contributed by atoms with Crippen LogP contribution in [0.25, 0.3) is 0 Å². The van der Waals surface area contributed by atoms with Gasteiger partial charge in [-0.2, -0.15) is 0 Å². The molecule has 0 radical (unpaired) electrons. The highest BCUT2D eigenvalue weighted by atomic mass is 32.2. The van der Waals surface area contributed by atoms with E-state index in [1.807, 2.05) is 44.2 Å². The van der Waals surface area contributed by atoms with Gasteiger partial charge < -0.3 is 10.1 Å². The third-order valence-corrected chi connectivity index (χ3v) is 3.79. The molecule has 20 heavy (non-hydrogen) atoms. The molecule has 0 bridgehead atoms. The number of hydrogen-bond acceptors (Lipinski definition) is 4. The summed E-state index contributed by atoms with van der Waals surface area (Å²) < 4.78 is 4.69. The average molecular weight is 295 g/mol. The lowest BCUT2D eigenvalue weighted by Crippen LogP contribution is -2.45. The van der Waals surface area contributed by atoms with Crippen LogP contribution in [0.3, 0.4) is 0 Å². The van der Waals surface area contributed by atoms with Crippen LogP contribution in [0, 0.1) is 5.92 Å². The van der Waals surface area contributed by atoms with Crippen molar-refractivity contribution in [2.24, 2.45) is 5.92 Å². The SMILES string of the molecule is COC(=O)C(NC(=O)CSCc1ccccc1)C(C)C. The van der Waals surface area contributed by atoms with E-state index in [1.165, 1.54) is 24.4 Å². The molecule has 1 N–H and O–H groups in total. The lowest BCUT2D eigenvalue weighted by Gasteiger charge is -2.19. The highest BCUT2D eigenvalue weighted by Gasteiger charge is 2.24. The van der Waals surface area contributed by atoms with E-state index in [0.717, 1.165) is 5.75 Å². The van der Waals surface area contributed by atoms with Crippen molar-refractivity contribution in [3.63, 3.8) is 0 Å². The molecule has 1 atom stereocenters. The Bertz CT molecular complexity index is 434. The zero-order chi connectivity index (χ0) is 15.0. The van der Waals surface area contributed by atoms with Gasteiger partial charge in [0.15, 0.2) is 0 Å². The molecule has 0 saturated carbocycles.